The van der Waals surface area contributed by atoms with Crippen molar-refractivity contribution in [3.8, 4) is 11.3 Å². The molecule has 0 saturated carbocycles. The van der Waals surface area contributed by atoms with Crippen LogP contribution in [0.5, 0.6) is 0 Å². The molecule has 0 unspecified atom stereocenters. The van der Waals surface area contributed by atoms with Crippen LogP contribution in [0.25, 0.3) is 11.3 Å². The first-order valence-electron chi connectivity index (χ1n) is 9.71. The zero-order valence-corrected chi connectivity index (χ0v) is 18.9. The third-order valence-electron chi connectivity index (χ3n) is 4.86. The Morgan fingerprint density at radius 1 is 0.966 bits per heavy atom. The van der Waals surface area contributed by atoms with Gasteiger partial charge in [-0.3, -0.25) is 9.69 Å². The fraction of sp³-hybridized carbons (Fsp3) is 0.280. The highest BCUT2D eigenvalue weighted by atomic mass is 32.1. The Hall–Kier alpha value is -2.72. The summed E-state index contributed by atoms with van der Waals surface area (Å²) in [5.41, 5.74) is 6.38. The minimum absolute atomic E-state index is 0.118. The van der Waals surface area contributed by atoms with E-state index in [-0.39, 0.29) is 11.3 Å². The van der Waals surface area contributed by atoms with Crippen molar-refractivity contribution in [2.75, 3.05) is 4.90 Å². The van der Waals surface area contributed by atoms with Gasteiger partial charge in [0.1, 0.15) is 0 Å². The Kier molecular flexibility index (Phi) is 5.76. The van der Waals surface area contributed by atoms with Crippen molar-refractivity contribution >= 4 is 28.1 Å². The molecular weight excluding hydrogens is 376 g/mol. The predicted octanol–water partition coefficient (Wildman–Crippen LogP) is 7.00. The molecule has 0 aliphatic heterocycles. The van der Waals surface area contributed by atoms with Crippen molar-refractivity contribution < 1.29 is 4.79 Å². The number of nitrogens with zero attached hydrogens (tertiary/aromatic N) is 2. The largest absolute Gasteiger partial charge is 0.269 e. The standard InChI is InChI=1S/C25H28N2OS/c1-16-8-10-20(11-9-16)22-15-29-24(26-22)27(23(28)19(4)25(5,6)7)21-13-17(2)12-18(3)14-21/h8-15H,4H2,1-3,5-7H3. The number of benzene rings is 2. The minimum Gasteiger partial charge on any atom is -0.269 e. The molecule has 1 aromatic heterocycles. The highest BCUT2D eigenvalue weighted by molar-refractivity contribution is 7.14. The molecule has 0 spiro atoms. The Balaban J connectivity index is 2.09. The summed E-state index contributed by atoms with van der Waals surface area (Å²) in [7, 11) is 0. The van der Waals surface area contributed by atoms with Gasteiger partial charge in [0.05, 0.1) is 11.4 Å². The summed E-state index contributed by atoms with van der Waals surface area (Å²) in [4.78, 5) is 20.0. The molecule has 29 heavy (non-hydrogen) atoms. The number of aryl methyl sites for hydroxylation is 3. The van der Waals surface area contributed by atoms with Gasteiger partial charge in [0.2, 0.25) is 0 Å². The van der Waals surface area contributed by atoms with Gasteiger partial charge in [0.25, 0.3) is 5.91 Å². The molecule has 0 aliphatic rings. The maximum Gasteiger partial charge on any atom is 0.260 e. The van der Waals surface area contributed by atoms with Crippen LogP contribution in [0.4, 0.5) is 10.8 Å². The monoisotopic (exact) mass is 404 g/mol. The van der Waals surface area contributed by atoms with Crippen LogP contribution in [0.1, 0.15) is 37.5 Å². The van der Waals surface area contributed by atoms with Crippen LogP contribution in [0.2, 0.25) is 0 Å². The van der Waals surface area contributed by atoms with Crippen molar-refractivity contribution in [3.05, 3.63) is 76.7 Å². The van der Waals surface area contributed by atoms with Crippen LogP contribution in [-0.4, -0.2) is 10.9 Å². The fourth-order valence-electron chi connectivity index (χ4n) is 3.07. The van der Waals surface area contributed by atoms with E-state index < -0.39 is 0 Å². The third kappa shape index (κ3) is 4.65. The molecule has 2 aromatic carbocycles. The highest BCUT2D eigenvalue weighted by Crippen LogP contribution is 2.36. The topological polar surface area (TPSA) is 33.2 Å². The number of hydrogen-bond donors (Lipinski definition) is 0. The molecule has 0 atom stereocenters. The van der Waals surface area contributed by atoms with E-state index in [0.29, 0.717) is 10.7 Å². The minimum atomic E-state index is -0.328. The second-order valence-corrected chi connectivity index (χ2v) is 9.43. The SMILES string of the molecule is C=C(C(=O)N(c1cc(C)cc(C)c1)c1nc(-c2ccc(C)cc2)cs1)C(C)(C)C. The van der Waals surface area contributed by atoms with Gasteiger partial charge in [-0.25, -0.2) is 4.98 Å². The number of anilines is 2. The summed E-state index contributed by atoms with van der Waals surface area (Å²) in [6.45, 7) is 16.3. The summed E-state index contributed by atoms with van der Waals surface area (Å²) in [5.74, 6) is -0.118. The fourth-order valence-corrected chi connectivity index (χ4v) is 3.92. The number of carbonyl (C=O) groups excluding carboxylic acids is 1. The molecule has 3 rings (SSSR count). The molecule has 0 N–H and O–H groups in total. The molecule has 0 bridgehead atoms. The zero-order chi connectivity index (χ0) is 21.3. The zero-order valence-electron chi connectivity index (χ0n) is 18.0. The molecule has 3 nitrogen and oxygen atoms in total. The summed E-state index contributed by atoms with van der Waals surface area (Å²) >= 11 is 1.47. The lowest BCUT2D eigenvalue weighted by molar-refractivity contribution is -0.115. The van der Waals surface area contributed by atoms with Gasteiger partial charge in [-0.15, -0.1) is 11.3 Å². The van der Waals surface area contributed by atoms with Crippen molar-refractivity contribution in [1.82, 2.24) is 4.98 Å². The Bertz CT molecular complexity index is 1030. The molecule has 0 aliphatic carbocycles. The number of carbonyl (C=O) groups is 1. The number of rotatable bonds is 4. The van der Waals surface area contributed by atoms with Gasteiger partial charge in [0, 0.05) is 16.5 Å². The van der Waals surface area contributed by atoms with Crippen LogP contribution in [-0.2, 0) is 4.79 Å². The molecular formula is C25H28N2OS. The third-order valence-corrected chi connectivity index (χ3v) is 5.69. The molecule has 1 heterocycles. The number of thiazole rings is 1. The van der Waals surface area contributed by atoms with E-state index in [4.69, 9.17) is 4.98 Å². The molecule has 0 fully saturated rings. The molecule has 0 saturated heterocycles. The van der Waals surface area contributed by atoms with Crippen molar-refractivity contribution in [2.24, 2.45) is 5.41 Å². The lowest BCUT2D eigenvalue weighted by Crippen LogP contribution is -2.31. The van der Waals surface area contributed by atoms with E-state index in [1.54, 1.807) is 4.90 Å². The quantitative estimate of drug-likeness (QED) is 0.438. The summed E-state index contributed by atoms with van der Waals surface area (Å²) in [6.07, 6.45) is 0. The van der Waals surface area contributed by atoms with Gasteiger partial charge in [-0.2, -0.15) is 0 Å². The highest BCUT2D eigenvalue weighted by Gasteiger charge is 2.30. The van der Waals surface area contributed by atoms with Gasteiger partial charge in [-0.1, -0.05) is 63.2 Å². The normalized spacial score (nSPS) is 11.4. The van der Waals surface area contributed by atoms with Crippen molar-refractivity contribution in [1.29, 1.82) is 0 Å². The van der Waals surface area contributed by atoms with E-state index in [0.717, 1.165) is 28.1 Å². The summed E-state index contributed by atoms with van der Waals surface area (Å²) in [5, 5.41) is 2.66. The molecule has 0 radical (unpaired) electrons. The van der Waals surface area contributed by atoms with E-state index in [2.05, 4.69) is 43.8 Å². The lowest BCUT2D eigenvalue weighted by Gasteiger charge is -2.27. The maximum absolute atomic E-state index is 13.5. The van der Waals surface area contributed by atoms with Crippen LogP contribution in [0, 0.1) is 26.2 Å². The van der Waals surface area contributed by atoms with Crippen molar-refractivity contribution in [2.45, 2.75) is 41.5 Å². The van der Waals surface area contributed by atoms with E-state index in [9.17, 15) is 4.79 Å². The number of amides is 1. The molecule has 4 heteroatoms. The van der Waals surface area contributed by atoms with Crippen molar-refractivity contribution in [3.63, 3.8) is 0 Å². The summed E-state index contributed by atoms with van der Waals surface area (Å²) < 4.78 is 0. The summed E-state index contributed by atoms with van der Waals surface area (Å²) in [6, 6.07) is 14.4. The predicted molar refractivity (Wildman–Crippen MR) is 124 cm³/mol. The Morgan fingerprint density at radius 3 is 2.10 bits per heavy atom. The average molecular weight is 405 g/mol. The average Bonchev–Trinajstić information content (AvgIpc) is 3.09. The van der Waals surface area contributed by atoms with Gasteiger partial charge < -0.3 is 0 Å². The molecule has 3 aromatic rings. The Morgan fingerprint density at radius 2 is 1.55 bits per heavy atom. The first kappa shape index (κ1) is 21.0. The smallest absolute Gasteiger partial charge is 0.260 e. The number of hydrogen-bond acceptors (Lipinski definition) is 3. The van der Waals surface area contributed by atoms with Gasteiger partial charge in [-0.05, 0) is 49.4 Å². The lowest BCUT2D eigenvalue weighted by atomic mass is 9.86. The van der Waals surface area contributed by atoms with Gasteiger partial charge >= 0.3 is 0 Å². The van der Waals surface area contributed by atoms with Crippen LogP contribution >= 0.6 is 11.3 Å². The first-order chi connectivity index (χ1) is 13.6. The van der Waals surface area contributed by atoms with Crippen LogP contribution in [0.3, 0.4) is 0 Å². The van der Waals surface area contributed by atoms with E-state index in [1.165, 1.54) is 16.9 Å². The van der Waals surface area contributed by atoms with Gasteiger partial charge in [0.15, 0.2) is 5.13 Å². The molecule has 150 valence electrons. The second-order valence-electron chi connectivity index (χ2n) is 8.60. The van der Waals surface area contributed by atoms with E-state index in [1.807, 2.05) is 52.1 Å². The Labute approximate surface area is 177 Å². The van der Waals surface area contributed by atoms with Crippen LogP contribution in [0.15, 0.2) is 60.0 Å². The van der Waals surface area contributed by atoms with Crippen LogP contribution < -0.4 is 4.90 Å². The maximum atomic E-state index is 13.5. The first-order valence-corrected chi connectivity index (χ1v) is 10.6. The molecule has 1 amide bonds. The number of aromatic nitrogens is 1. The van der Waals surface area contributed by atoms with E-state index >= 15 is 0 Å². The second kappa shape index (κ2) is 7.96.